The third-order valence-corrected chi connectivity index (χ3v) is 8.25. The molecule has 0 nitrogen and oxygen atoms in total. The molecule has 0 aromatic carbocycles. The SMILES string of the molecule is C[PH+](C)CC[PH+](C)C.C[PH+](C)CC[PH+](C)C.[Cl][U]([Cl])([Cl])[Cl]. The van der Waals surface area contributed by atoms with Crippen LogP contribution in [-0.4, -0.2) is 78.0 Å². The van der Waals surface area contributed by atoms with E-state index < -0.39 is 19.0 Å². The van der Waals surface area contributed by atoms with Crippen LogP contribution in [-0.2, 0) is 0 Å². The zero-order chi connectivity index (χ0) is 17.6. The Labute approximate surface area is 157 Å². The monoisotopic (exact) mass is 682 g/mol. The van der Waals surface area contributed by atoms with Crippen molar-refractivity contribution in [1.82, 2.24) is 0 Å². The predicted octanol–water partition coefficient (Wildman–Crippen LogP) is 6.63. The predicted molar refractivity (Wildman–Crippen MR) is 124 cm³/mol. The van der Waals surface area contributed by atoms with Gasteiger partial charge in [0.05, 0.1) is 24.6 Å². The summed E-state index contributed by atoms with van der Waals surface area (Å²) in [4.78, 5) is 0. The van der Waals surface area contributed by atoms with Gasteiger partial charge in [-0.2, -0.15) is 0 Å². The third kappa shape index (κ3) is 59.3. The quantitative estimate of drug-likeness (QED) is 0.276. The van der Waals surface area contributed by atoms with Crippen molar-refractivity contribution in [3.63, 3.8) is 0 Å². The average molecular weight is 684 g/mol. The summed E-state index contributed by atoms with van der Waals surface area (Å²) < 4.78 is 0. The molecule has 0 radical (unpaired) electrons. The van der Waals surface area contributed by atoms with Gasteiger partial charge in [0.25, 0.3) is 0 Å². The summed E-state index contributed by atoms with van der Waals surface area (Å²) in [7, 11) is 20.6. The van der Waals surface area contributed by atoms with Gasteiger partial charge < -0.3 is 0 Å². The second-order valence-corrected chi connectivity index (χ2v) is 53.5. The standard InChI is InChI=1S/2C6H16P2.4ClH.U/c2*1-7(2)5-6-8(3)4;;;;;/h2*5-6H2,1-4H3;4*1H;/q;;;;;;+4. The summed E-state index contributed by atoms with van der Waals surface area (Å²) in [6, 6.07) is 0. The molecule has 132 valence electrons. The molecule has 0 aromatic rings. The first kappa shape index (κ1) is 29.7. The Balaban J connectivity index is -0.000000239. The Kier molecular flexibility index (Phi) is 26.5. The van der Waals surface area contributed by atoms with Gasteiger partial charge >= 0.3 is 49.5 Å². The second-order valence-electron chi connectivity index (χ2n) is 6.26. The van der Waals surface area contributed by atoms with Gasteiger partial charge in [-0.1, -0.05) is 0 Å². The minimum atomic E-state index is -3.45. The van der Waals surface area contributed by atoms with Crippen LogP contribution < -0.4 is 0 Å². The Bertz CT molecular complexity index is 174. The molecule has 0 heterocycles. The first-order valence-electron chi connectivity index (χ1n) is 7.17. The van der Waals surface area contributed by atoms with Crippen LogP contribution in [0.5, 0.6) is 0 Å². The van der Waals surface area contributed by atoms with E-state index in [1.165, 1.54) is 24.6 Å². The van der Waals surface area contributed by atoms with E-state index in [9.17, 15) is 0 Å². The van der Waals surface area contributed by atoms with E-state index in [-0.39, 0.29) is 31.7 Å². The van der Waals surface area contributed by atoms with Gasteiger partial charge in [0.15, 0.2) is 0 Å². The van der Waals surface area contributed by atoms with Crippen molar-refractivity contribution in [2.75, 3.05) is 78.0 Å². The molecule has 0 saturated heterocycles. The summed E-state index contributed by atoms with van der Waals surface area (Å²) in [6.45, 7) is 19.2. The molecule has 0 N–H and O–H groups in total. The van der Waals surface area contributed by atoms with Crippen LogP contribution in [0, 0.1) is 19.0 Å². The van der Waals surface area contributed by atoms with Crippen LogP contribution in [0.3, 0.4) is 0 Å². The fraction of sp³-hybridized carbons (Fsp3) is 1.00. The van der Waals surface area contributed by atoms with E-state index in [0.29, 0.717) is 0 Å². The molecule has 0 fully saturated rings. The summed E-state index contributed by atoms with van der Waals surface area (Å²) in [5.74, 6) is 0. The topological polar surface area (TPSA) is 0 Å². The minimum absolute atomic E-state index is 0.0957. The van der Waals surface area contributed by atoms with E-state index >= 15 is 0 Å². The van der Waals surface area contributed by atoms with Crippen molar-refractivity contribution in [2.45, 2.75) is 0 Å². The summed E-state index contributed by atoms with van der Waals surface area (Å²) >= 11 is -3.45. The summed E-state index contributed by atoms with van der Waals surface area (Å²) in [6.07, 6.45) is 6.13. The number of rotatable bonds is 6. The average Bonchev–Trinajstić information content (AvgIpc) is 2.22. The first-order chi connectivity index (χ1) is 9.25. The van der Waals surface area contributed by atoms with Crippen molar-refractivity contribution in [1.29, 1.82) is 0 Å². The molecule has 0 amide bonds. The van der Waals surface area contributed by atoms with Gasteiger partial charge in [-0.15, -0.1) is 0 Å². The molecular formula is C12H36Cl4P4U+4. The van der Waals surface area contributed by atoms with Gasteiger partial charge in [-0.25, -0.2) is 0 Å². The number of halogens is 4. The normalized spacial score (nSPS) is 11.4. The number of hydrogen-bond donors (Lipinski definition) is 0. The van der Waals surface area contributed by atoms with E-state index in [2.05, 4.69) is 53.3 Å². The van der Waals surface area contributed by atoms with E-state index in [4.69, 9.17) is 30.5 Å². The molecule has 21 heavy (non-hydrogen) atoms. The third-order valence-electron chi connectivity index (χ3n) is 2.25. The van der Waals surface area contributed by atoms with Crippen molar-refractivity contribution in [2.24, 2.45) is 0 Å². The van der Waals surface area contributed by atoms with Gasteiger partial charge in [0, 0.05) is 53.3 Å². The van der Waals surface area contributed by atoms with E-state index in [1.54, 1.807) is 0 Å². The fourth-order valence-corrected chi connectivity index (χ4v) is 9.00. The maximum atomic E-state index is 5.06. The Morgan fingerprint density at radius 1 is 0.476 bits per heavy atom. The molecule has 0 atom stereocenters. The second kappa shape index (κ2) is 18.7. The van der Waals surface area contributed by atoms with Gasteiger partial charge in [-0.05, 0) is 31.7 Å². The van der Waals surface area contributed by atoms with Crippen molar-refractivity contribution < 1.29 is 19.0 Å². The molecule has 9 heteroatoms. The van der Waals surface area contributed by atoms with Crippen LogP contribution in [0.4, 0.5) is 0 Å². The fourth-order valence-electron chi connectivity index (χ4n) is 1.000. The van der Waals surface area contributed by atoms with Gasteiger partial charge in [-0.3, -0.25) is 0 Å². The molecule has 0 rings (SSSR count). The molecule has 0 unspecified atom stereocenters. The molecule has 0 spiro atoms. The zero-order valence-electron chi connectivity index (χ0n) is 14.8. The summed E-state index contributed by atoms with van der Waals surface area (Å²) in [5.41, 5.74) is 0. The molecular weight excluding hydrogens is 648 g/mol. The summed E-state index contributed by atoms with van der Waals surface area (Å²) in [5, 5.41) is 0. The van der Waals surface area contributed by atoms with E-state index in [0.717, 1.165) is 0 Å². The zero-order valence-corrected chi connectivity index (χ0v) is 26.0. The van der Waals surface area contributed by atoms with Crippen LogP contribution in [0.1, 0.15) is 0 Å². The van der Waals surface area contributed by atoms with E-state index in [1.807, 2.05) is 0 Å². The molecule has 0 aliphatic rings. The Morgan fingerprint density at radius 2 is 0.571 bits per heavy atom. The van der Waals surface area contributed by atoms with Gasteiger partial charge in [0.2, 0.25) is 0 Å². The number of hydrogen-bond acceptors (Lipinski definition) is 0. The Hall–Kier alpha value is 3.93. The van der Waals surface area contributed by atoms with Crippen molar-refractivity contribution in [3.8, 4) is 0 Å². The van der Waals surface area contributed by atoms with Crippen molar-refractivity contribution in [3.05, 3.63) is 0 Å². The molecule has 0 aromatic heterocycles. The molecule has 0 aliphatic carbocycles. The molecule has 0 bridgehead atoms. The maximum absolute atomic E-state index is 5.06. The molecule has 0 saturated carbocycles. The van der Waals surface area contributed by atoms with Gasteiger partial charge in [0.1, 0.15) is 0 Å². The van der Waals surface area contributed by atoms with Crippen LogP contribution >= 0.6 is 62.2 Å². The first-order valence-corrected chi connectivity index (χ1v) is 38.4. The van der Waals surface area contributed by atoms with Crippen molar-refractivity contribution >= 4 is 62.2 Å². The van der Waals surface area contributed by atoms with Crippen LogP contribution in [0.15, 0.2) is 0 Å². The van der Waals surface area contributed by atoms with Crippen LogP contribution in [0.2, 0.25) is 0 Å². The molecule has 0 aliphatic heterocycles. The van der Waals surface area contributed by atoms with Crippen LogP contribution in [0.25, 0.3) is 0 Å². The Morgan fingerprint density at radius 3 is 0.619 bits per heavy atom.